The van der Waals surface area contributed by atoms with E-state index in [-0.39, 0.29) is 18.4 Å². The maximum atomic E-state index is 12.6. The number of carboxylic acids is 1. The van der Waals surface area contributed by atoms with Gasteiger partial charge < -0.3 is 20.1 Å². The molecule has 1 unspecified atom stereocenters. The van der Waals surface area contributed by atoms with Crippen LogP contribution in [0.3, 0.4) is 0 Å². The van der Waals surface area contributed by atoms with Crippen LogP contribution in [0.2, 0.25) is 0 Å². The van der Waals surface area contributed by atoms with Gasteiger partial charge in [-0.15, -0.1) is 0 Å². The molecule has 1 aromatic carbocycles. The minimum Gasteiger partial charge on any atom is -0.481 e. The number of para-hydroxylation sites is 1. The van der Waals surface area contributed by atoms with Gasteiger partial charge in [-0.2, -0.15) is 0 Å². The summed E-state index contributed by atoms with van der Waals surface area (Å²) in [7, 11) is 0. The average Bonchev–Trinajstić information content (AvgIpc) is 2.52. The lowest BCUT2D eigenvalue weighted by molar-refractivity contribution is -0.137. The summed E-state index contributed by atoms with van der Waals surface area (Å²) >= 11 is 0. The van der Waals surface area contributed by atoms with Crippen molar-refractivity contribution >= 4 is 17.6 Å². The van der Waals surface area contributed by atoms with Crippen LogP contribution in [0.4, 0.5) is 5.69 Å². The zero-order valence-corrected chi connectivity index (χ0v) is 11.8. The molecule has 0 saturated carbocycles. The molecule has 6 heteroatoms. The number of carbonyl (C=O) groups is 2. The van der Waals surface area contributed by atoms with E-state index in [0.29, 0.717) is 32.7 Å². The molecule has 1 heterocycles. The number of carbonyl (C=O) groups excluding carboxylic acids is 1. The van der Waals surface area contributed by atoms with Crippen LogP contribution in [0.1, 0.15) is 12.8 Å². The predicted octanol–water partition coefficient (Wildman–Crippen LogP) is 0.873. The Hall–Kier alpha value is -1.92. The highest BCUT2D eigenvalue weighted by atomic mass is 16.5. The second-order valence-electron chi connectivity index (χ2n) is 4.90. The molecule has 0 radical (unpaired) electrons. The Morgan fingerprint density at radius 3 is 2.71 bits per heavy atom. The largest absolute Gasteiger partial charge is 0.481 e. The summed E-state index contributed by atoms with van der Waals surface area (Å²) in [6, 6.07) is 8.93. The van der Waals surface area contributed by atoms with Gasteiger partial charge in [-0.05, 0) is 18.6 Å². The molecular weight excluding hydrogens is 272 g/mol. The second kappa shape index (κ2) is 7.75. The number of ether oxygens (including phenoxy) is 1. The lowest BCUT2D eigenvalue weighted by Gasteiger charge is -2.30. The van der Waals surface area contributed by atoms with Gasteiger partial charge in [-0.3, -0.25) is 9.59 Å². The molecule has 0 spiro atoms. The molecule has 1 atom stereocenters. The SMILES string of the molecule is O=C(O)CCCN(C(=O)C1COCCN1)c1ccccc1. The molecule has 6 nitrogen and oxygen atoms in total. The lowest BCUT2D eigenvalue weighted by atomic mass is 10.2. The van der Waals surface area contributed by atoms with Crippen LogP contribution in [0, 0.1) is 0 Å². The molecule has 0 bridgehead atoms. The molecule has 1 fully saturated rings. The van der Waals surface area contributed by atoms with Gasteiger partial charge in [0.25, 0.3) is 0 Å². The van der Waals surface area contributed by atoms with Crippen LogP contribution in [-0.4, -0.2) is 49.3 Å². The quantitative estimate of drug-likeness (QED) is 0.813. The van der Waals surface area contributed by atoms with Gasteiger partial charge in [-0.1, -0.05) is 18.2 Å². The number of amides is 1. The smallest absolute Gasteiger partial charge is 0.303 e. The number of nitrogens with one attached hydrogen (secondary N) is 1. The van der Waals surface area contributed by atoms with Crippen LogP contribution in [-0.2, 0) is 14.3 Å². The third-order valence-electron chi connectivity index (χ3n) is 3.33. The van der Waals surface area contributed by atoms with Crippen LogP contribution >= 0.6 is 0 Å². The molecule has 21 heavy (non-hydrogen) atoms. The van der Waals surface area contributed by atoms with E-state index in [2.05, 4.69) is 5.32 Å². The average molecular weight is 292 g/mol. The van der Waals surface area contributed by atoms with E-state index in [1.165, 1.54) is 0 Å². The maximum Gasteiger partial charge on any atom is 0.303 e. The van der Waals surface area contributed by atoms with E-state index < -0.39 is 5.97 Å². The molecule has 0 aromatic heterocycles. The third kappa shape index (κ3) is 4.54. The fourth-order valence-corrected chi connectivity index (χ4v) is 2.28. The van der Waals surface area contributed by atoms with Gasteiger partial charge in [0, 0.05) is 25.2 Å². The van der Waals surface area contributed by atoms with Crippen molar-refractivity contribution in [2.45, 2.75) is 18.9 Å². The second-order valence-corrected chi connectivity index (χ2v) is 4.90. The monoisotopic (exact) mass is 292 g/mol. The number of hydrogen-bond acceptors (Lipinski definition) is 4. The molecular formula is C15H20N2O4. The highest BCUT2D eigenvalue weighted by Crippen LogP contribution is 2.16. The first-order valence-corrected chi connectivity index (χ1v) is 7.08. The maximum absolute atomic E-state index is 12.6. The van der Waals surface area contributed by atoms with Gasteiger partial charge in [0.15, 0.2) is 0 Å². The number of nitrogens with zero attached hydrogens (tertiary/aromatic N) is 1. The van der Waals surface area contributed by atoms with Crippen molar-refractivity contribution in [2.75, 3.05) is 31.2 Å². The molecule has 1 amide bonds. The minimum atomic E-state index is -0.852. The molecule has 1 aromatic rings. The summed E-state index contributed by atoms with van der Waals surface area (Å²) in [6.45, 7) is 1.98. The number of benzene rings is 1. The molecule has 1 saturated heterocycles. The molecule has 1 aliphatic heterocycles. The zero-order valence-electron chi connectivity index (χ0n) is 11.8. The first-order valence-electron chi connectivity index (χ1n) is 7.08. The number of aliphatic carboxylic acids is 1. The third-order valence-corrected chi connectivity index (χ3v) is 3.33. The predicted molar refractivity (Wildman–Crippen MR) is 78.3 cm³/mol. The van der Waals surface area contributed by atoms with Crippen molar-refractivity contribution in [3.8, 4) is 0 Å². The van der Waals surface area contributed by atoms with Crippen molar-refractivity contribution in [1.82, 2.24) is 5.32 Å². The van der Waals surface area contributed by atoms with E-state index in [4.69, 9.17) is 9.84 Å². The molecule has 0 aliphatic carbocycles. The van der Waals surface area contributed by atoms with Crippen molar-refractivity contribution < 1.29 is 19.4 Å². The normalized spacial score (nSPS) is 18.2. The summed E-state index contributed by atoms with van der Waals surface area (Å²) < 4.78 is 5.33. The number of anilines is 1. The Morgan fingerprint density at radius 2 is 2.10 bits per heavy atom. The van der Waals surface area contributed by atoms with Gasteiger partial charge in [-0.25, -0.2) is 0 Å². The Bertz CT molecular complexity index is 472. The van der Waals surface area contributed by atoms with Crippen molar-refractivity contribution in [2.24, 2.45) is 0 Å². The van der Waals surface area contributed by atoms with Crippen molar-refractivity contribution in [3.05, 3.63) is 30.3 Å². The lowest BCUT2D eigenvalue weighted by Crippen LogP contribution is -2.53. The number of carboxylic acid groups (broad SMARTS) is 1. The van der Waals surface area contributed by atoms with Gasteiger partial charge in [0.05, 0.1) is 13.2 Å². The molecule has 2 rings (SSSR count). The summed E-state index contributed by atoms with van der Waals surface area (Å²) in [5.74, 6) is -0.930. The van der Waals surface area contributed by atoms with Gasteiger partial charge in [0.1, 0.15) is 6.04 Å². The fourth-order valence-electron chi connectivity index (χ4n) is 2.28. The van der Waals surface area contributed by atoms with Crippen LogP contribution < -0.4 is 10.2 Å². The summed E-state index contributed by atoms with van der Waals surface area (Å²) in [5.41, 5.74) is 0.778. The van der Waals surface area contributed by atoms with Crippen LogP contribution in [0.15, 0.2) is 30.3 Å². The molecule has 1 aliphatic rings. The Morgan fingerprint density at radius 1 is 1.33 bits per heavy atom. The fraction of sp³-hybridized carbons (Fsp3) is 0.467. The minimum absolute atomic E-state index is 0.0468. The Balaban J connectivity index is 2.06. The van der Waals surface area contributed by atoms with Gasteiger partial charge >= 0.3 is 5.97 Å². The summed E-state index contributed by atoms with van der Waals surface area (Å²) in [4.78, 5) is 24.9. The van der Waals surface area contributed by atoms with E-state index in [9.17, 15) is 9.59 Å². The van der Waals surface area contributed by atoms with E-state index in [0.717, 1.165) is 5.69 Å². The van der Waals surface area contributed by atoms with E-state index in [1.807, 2.05) is 30.3 Å². The molecule has 2 N–H and O–H groups in total. The van der Waals surface area contributed by atoms with Crippen molar-refractivity contribution in [3.63, 3.8) is 0 Å². The Kier molecular flexibility index (Phi) is 5.71. The van der Waals surface area contributed by atoms with E-state index in [1.54, 1.807) is 4.90 Å². The molecule has 114 valence electrons. The highest BCUT2D eigenvalue weighted by molar-refractivity contribution is 5.97. The number of morpholine rings is 1. The summed E-state index contributed by atoms with van der Waals surface area (Å²) in [5, 5.41) is 11.9. The highest BCUT2D eigenvalue weighted by Gasteiger charge is 2.27. The van der Waals surface area contributed by atoms with Crippen LogP contribution in [0.5, 0.6) is 0 Å². The topological polar surface area (TPSA) is 78.9 Å². The zero-order chi connectivity index (χ0) is 15.1. The van der Waals surface area contributed by atoms with E-state index >= 15 is 0 Å². The number of hydrogen-bond donors (Lipinski definition) is 2. The van der Waals surface area contributed by atoms with Crippen LogP contribution in [0.25, 0.3) is 0 Å². The Labute approximate surface area is 123 Å². The van der Waals surface area contributed by atoms with Crippen molar-refractivity contribution in [1.29, 1.82) is 0 Å². The van der Waals surface area contributed by atoms with Gasteiger partial charge in [0.2, 0.25) is 5.91 Å². The number of rotatable bonds is 6. The standard InChI is InChI=1S/C15H20N2O4/c18-14(19)7-4-9-17(12-5-2-1-3-6-12)15(20)13-11-21-10-8-16-13/h1-3,5-6,13,16H,4,7-11H2,(H,18,19). The first-order chi connectivity index (χ1) is 10.2. The first kappa shape index (κ1) is 15.5. The summed E-state index contributed by atoms with van der Waals surface area (Å²) in [6.07, 6.45) is 0.467.